The maximum atomic E-state index is 13.5. The third kappa shape index (κ3) is 6.61. The fourth-order valence-corrected chi connectivity index (χ4v) is 5.00. The number of esters is 1. The van der Waals surface area contributed by atoms with Gasteiger partial charge in [0.2, 0.25) is 0 Å². The van der Waals surface area contributed by atoms with Gasteiger partial charge in [-0.05, 0) is 69.4 Å². The van der Waals surface area contributed by atoms with Crippen molar-refractivity contribution in [3.05, 3.63) is 52.0 Å². The number of sulfonamides is 1. The van der Waals surface area contributed by atoms with Gasteiger partial charge in [0.25, 0.3) is 10.0 Å². The quantitative estimate of drug-likeness (QED) is 0.418. The van der Waals surface area contributed by atoms with E-state index in [4.69, 9.17) is 16.3 Å². The van der Waals surface area contributed by atoms with Gasteiger partial charge >= 0.3 is 18.2 Å². The van der Waals surface area contributed by atoms with Crippen LogP contribution >= 0.6 is 11.6 Å². The number of carbonyl (C=O) groups is 2. The van der Waals surface area contributed by atoms with Crippen molar-refractivity contribution in [3.63, 3.8) is 0 Å². The number of carbonyl (C=O) groups excluding carboxylic acids is 2. The molecular weight excluding hydrogens is 525 g/mol. The van der Waals surface area contributed by atoms with Gasteiger partial charge < -0.3 is 9.47 Å². The van der Waals surface area contributed by atoms with Gasteiger partial charge in [0.1, 0.15) is 5.60 Å². The molecule has 0 aromatic heterocycles. The molecule has 1 saturated carbocycles. The van der Waals surface area contributed by atoms with Gasteiger partial charge in [-0.2, -0.15) is 13.2 Å². The van der Waals surface area contributed by atoms with E-state index in [1.807, 2.05) is 0 Å². The maximum Gasteiger partial charge on any atom is 0.417 e. The minimum atomic E-state index is -4.91. The molecule has 0 radical (unpaired) electrons. The fraction of sp³-hybridized carbons (Fsp3) is 0.391. The highest BCUT2D eigenvalue weighted by Crippen LogP contribution is 2.44. The number of ether oxygens (including phenoxy) is 2. The van der Waals surface area contributed by atoms with Crippen LogP contribution in [0.5, 0.6) is 0 Å². The molecule has 36 heavy (non-hydrogen) atoms. The van der Waals surface area contributed by atoms with Crippen LogP contribution in [0.4, 0.5) is 29.3 Å². The Hall–Kier alpha value is -2.99. The molecular formula is C23H24ClF3N2O6S. The molecule has 0 atom stereocenters. The largest absolute Gasteiger partial charge is 0.465 e. The molecule has 1 aliphatic rings. The molecule has 0 spiro atoms. The first-order valence-corrected chi connectivity index (χ1v) is 12.5. The number of nitrogens with one attached hydrogen (secondary N) is 2. The molecule has 1 amide bonds. The zero-order chi connectivity index (χ0) is 27.1. The third-order valence-electron chi connectivity index (χ3n) is 5.03. The molecule has 0 unspecified atom stereocenters. The van der Waals surface area contributed by atoms with E-state index in [0.717, 1.165) is 19.2 Å². The van der Waals surface area contributed by atoms with E-state index in [0.29, 0.717) is 24.5 Å². The van der Waals surface area contributed by atoms with Crippen LogP contribution in [-0.4, -0.2) is 33.2 Å². The van der Waals surface area contributed by atoms with Crippen molar-refractivity contribution < 1.29 is 40.7 Å². The maximum absolute atomic E-state index is 13.5. The van der Waals surface area contributed by atoms with Crippen LogP contribution in [0.25, 0.3) is 0 Å². The van der Waals surface area contributed by atoms with Crippen molar-refractivity contribution >= 4 is 45.1 Å². The van der Waals surface area contributed by atoms with E-state index in [2.05, 4.69) is 14.8 Å². The topological polar surface area (TPSA) is 111 Å². The second kappa shape index (κ2) is 9.81. The van der Waals surface area contributed by atoms with Crippen LogP contribution in [0, 0.1) is 0 Å². The summed E-state index contributed by atoms with van der Waals surface area (Å²) in [6.45, 7) is 4.72. The number of hydrogen-bond donors (Lipinski definition) is 2. The first-order chi connectivity index (χ1) is 16.5. The summed E-state index contributed by atoms with van der Waals surface area (Å²) in [6, 6.07) is 5.25. The van der Waals surface area contributed by atoms with Crippen LogP contribution in [-0.2, 0) is 25.7 Å². The van der Waals surface area contributed by atoms with Crippen LogP contribution in [0.3, 0.4) is 0 Å². The number of benzene rings is 2. The van der Waals surface area contributed by atoms with Crippen LogP contribution in [0.1, 0.15) is 61.0 Å². The van der Waals surface area contributed by atoms with E-state index in [1.165, 1.54) is 12.1 Å². The molecule has 2 N–H and O–H groups in total. The lowest BCUT2D eigenvalue weighted by Gasteiger charge is -2.22. The molecule has 0 heterocycles. The number of halogens is 4. The number of anilines is 2. The van der Waals surface area contributed by atoms with Crippen molar-refractivity contribution in [1.29, 1.82) is 0 Å². The summed E-state index contributed by atoms with van der Waals surface area (Å²) in [5.41, 5.74) is -2.86. The van der Waals surface area contributed by atoms with E-state index in [-0.39, 0.29) is 22.1 Å². The second-order valence-electron chi connectivity index (χ2n) is 9.13. The fourth-order valence-electron chi connectivity index (χ4n) is 3.34. The Morgan fingerprint density at radius 3 is 2.22 bits per heavy atom. The Morgan fingerprint density at radius 1 is 1.06 bits per heavy atom. The van der Waals surface area contributed by atoms with Crippen molar-refractivity contribution in [3.8, 4) is 0 Å². The average molecular weight is 549 g/mol. The van der Waals surface area contributed by atoms with Gasteiger partial charge in [-0.3, -0.25) is 10.0 Å². The summed E-state index contributed by atoms with van der Waals surface area (Å²) in [4.78, 5) is 24.0. The Bertz CT molecular complexity index is 1300. The number of hydrogen-bond acceptors (Lipinski definition) is 6. The number of methoxy groups -OCH3 is 1. The summed E-state index contributed by atoms with van der Waals surface area (Å²) < 4.78 is 79.3. The number of rotatable bonds is 6. The predicted octanol–water partition coefficient (Wildman–Crippen LogP) is 6.17. The van der Waals surface area contributed by atoms with E-state index >= 15 is 0 Å². The van der Waals surface area contributed by atoms with E-state index in [9.17, 15) is 31.2 Å². The molecule has 0 aliphatic heterocycles. The molecule has 8 nitrogen and oxygen atoms in total. The van der Waals surface area contributed by atoms with E-state index < -0.39 is 50.1 Å². The Labute approximate surface area is 211 Å². The summed E-state index contributed by atoms with van der Waals surface area (Å²) in [6.07, 6.45) is -4.52. The zero-order valence-corrected chi connectivity index (χ0v) is 21.3. The predicted molar refractivity (Wildman–Crippen MR) is 127 cm³/mol. The summed E-state index contributed by atoms with van der Waals surface area (Å²) in [5, 5.41) is 1.47. The Kier molecular flexibility index (Phi) is 7.52. The monoisotopic (exact) mass is 548 g/mol. The first-order valence-electron chi connectivity index (χ1n) is 10.7. The third-order valence-corrected chi connectivity index (χ3v) is 6.77. The highest BCUT2D eigenvalue weighted by atomic mass is 35.5. The van der Waals surface area contributed by atoms with Gasteiger partial charge in [0, 0.05) is 0 Å². The van der Waals surface area contributed by atoms with E-state index in [1.54, 1.807) is 20.8 Å². The van der Waals surface area contributed by atoms with Gasteiger partial charge in [-0.1, -0.05) is 17.7 Å². The minimum Gasteiger partial charge on any atom is -0.465 e. The molecule has 0 bridgehead atoms. The highest BCUT2D eigenvalue weighted by molar-refractivity contribution is 7.92. The van der Waals surface area contributed by atoms with Gasteiger partial charge in [-0.15, -0.1) is 0 Å². The van der Waals surface area contributed by atoms with Gasteiger partial charge in [0.15, 0.2) is 0 Å². The molecule has 13 heteroatoms. The molecule has 3 rings (SSSR count). The smallest absolute Gasteiger partial charge is 0.417 e. The normalized spacial score (nSPS) is 14.2. The zero-order valence-electron chi connectivity index (χ0n) is 19.7. The molecule has 1 aliphatic carbocycles. The lowest BCUT2D eigenvalue weighted by atomic mass is 10.1. The lowest BCUT2D eigenvalue weighted by molar-refractivity contribution is -0.137. The number of alkyl halides is 3. The summed E-state index contributed by atoms with van der Waals surface area (Å²) >= 11 is 5.80. The molecule has 1 fully saturated rings. The van der Waals surface area contributed by atoms with Crippen LogP contribution in [0.15, 0.2) is 35.2 Å². The molecule has 196 valence electrons. The summed E-state index contributed by atoms with van der Waals surface area (Å²) in [7, 11) is -3.41. The Morgan fingerprint density at radius 2 is 1.69 bits per heavy atom. The van der Waals surface area contributed by atoms with Crippen molar-refractivity contribution in [2.24, 2.45) is 0 Å². The Balaban J connectivity index is 2.10. The van der Waals surface area contributed by atoms with Gasteiger partial charge in [0.05, 0.1) is 39.5 Å². The van der Waals surface area contributed by atoms with Crippen LogP contribution in [0.2, 0.25) is 5.02 Å². The standard InChI is InChI=1S/C23H24ClF3N2O6S/c1-22(2,3)35-21(31)28-17-11-16(24)15(23(25,26)27)10-18(17)29-36(32,33)19-9-13(20(30)34-4)7-8-14(19)12-5-6-12/h7-12,29H,5-6H2,1-4H3,(H,28,31). The minimum absolute atomic E-state index is 0.0542. The SMILES string of the molecule is COC(=O)c1ccc(C2CC2)c(S(=O)(=O)Nc2cc(C(F)(F)F)c(Cl)cc2NC(=O)OC(C)(C)C)c1. The molecule has 2 aromatic carbocycles. The average Bonchev–Trinajstić information content (AvgIpc) is 3.57. The lowest BCUT2D eigenvalue weighted by Crippen LogP contribution is -2.28. The van der Waals surface area contributed by atoms with Crippen molar-refractivity contribution in [2.45, 2.75) is 56.2 Å². The molecule has 0 saturated heterocycles. The van der Waals surface area contributed by atoms with Gasteiger partial charge in [-0.25, -0.2) is 18.0 Å². The highest BCUT2D eigenvalue weighted by Gasteiger charge is 2.36. The first kappa shape index (κ1) is 27.6. The van der Waals surface area contributed by atoms with Crippen molar-refractivity contribution in [2.75, 3.05) is 17.1 Å². The molecule has 2 aromatic rings. The second-order valence-corrected chi connectivity index (χ2v) is 11.2. The number of amides is 1. The van der Waals surface area contributed by atoms with Crippen LogP contribution < -0.4 is 10.0 Å². The van der Waals surface area contributed by atoms with Crippen molar-refractivity contribution in [1.82, 2.24) is 0 Å². The summed E-state index contributed by atoms with van der Waals surface area (Å²) in [5.74, 6) is -0.870.